The average Bonchev–Trinajstić information content (AvgIpc) is 2.60. The number of aryl methyl sites for hydroxylation is 1. The van der Waals surface area contributed by atoms with Crippen molar-refractivity contribution in [3.05, 3.63) is 27.6 Å². The van der Waals surface area contributed by atoms with Crippen LogP contribution in [0.3, 0.4) is 0 Å². The first kappa shape index (κ1) is 10.9. The summed E-state index contributed by atoms with van der Waals surface area (Å²) in [6.07, 6.45) is 4.85. The number of hydrogen-bond donors (Lipinski definition) is 1. The Bertz CT molecular complexity index is 448. The number of halogens is 1. The van der Waals surface area contributed by atoms with E-state index >= 15 is 0 Å². The summed E-state index contributed by atoms with van der Waals surface area (Å²) in [6.45, 7) is 2.22. The summed E-state index contributed by atoms with van der Waals surface area (Å²) in [6, 6.07) is 6.32. The predicted molar refractivity (Wildman–Crippen MR) is 72.0 cm³/mol. The molecule has 0 saturated heterocycles. The maximum absolute atomic E-state index is 4.57. The van der Waals surface area contributed by atoms with Crippen molar-refractivity contribution in [2.75, 3.05) is 0 Å². The van der Waals surface area contributed by atoms with E-state index < -0.39 is 0 Å². The summed E-state index contributed by atoms with van der Waals surface area (Å²) in [5.41, 5.74) is 2.25. The fourth-order valence-electron chi connectivity index (χ4n) is 1.70. The Labute approximate surface area is 104 Å². The van der Waals surface area contributed by atoms with E-state index in [0.29, 0.717) is 0 Å². The van der Waals surface area contributed by atoms with Gasteiger partial charge in [-0.25, -0.2) is 4.98 Å². The van der Waals surface area contributed by atoms with Gasteiger partial charge in [-0.2, -0.15) is 0 Å². The number of imidazole rings is 1. The highest BCUT2D eigenvalue weighted by molar-refractivity contribution is 14.1. The molecule has 0 aliphatic rings. The summed E-state index contributed by atoms with van der Waals surface area (Å²) in [7, 11) is 0. The van der Waals surface area contributed by atoms with Crippen molar-refractivity contribution < 1.29 is 0 Å². The second kappa shape index (κ2) is 4.96. The Kier molecular flexibility index (Phi) is 3.61. The van der Waals surface area contributed by atoms with Crippen LogP contribution in [0.2, 0.25) is 0 Å². The minimum atomic E-state index is 1.07. The molecule has 3 heteroatoms. The zero-order chi connectivity index (χ0) is 10.7. The average molecular weight is 314 g/mol. The number of nitrogens with zero attached hydrogens (tertiary/aromatic N) is 1. The minimum absolute atomic E-state index is 1.07. The largest absolute Gasteiger partial charge is 0.342 e. The van der Waals surface area contributed by atoms with Gasteiger partial charge in [0.1, 0.15) is 5.82 Å². The fraction of sp³-hybridized carbons (Fsp3) is 0.417. The first-order valence-corrected chi connectivity index (χ1v) is 6.51. The van der Waals surface area contributed by atoms with Gasteiger partial charge in [0.2, 0.25) is 0 Å². The van der Waals surface area contributed by atoms with Crippen LogP contribution in [0.25, 0.3) is 11.0 Å². The normalized spacial score (nSPS) is 11.1. The fourth-order valence-corrected chi connectivity index (χ4v) is 2.19. The number of aromatic nitrogens is 2. The minimum Gasteiger partial charge on any atom is -0.342 e. The molecule has 0 bridgehead atoms. The van der Waals surface area contributed by atoms with Gasteiger partial charge in [-0.3, -0.25) is 0 Å². The second-order valence-electron chi connectivity index (χ2n) is 3.80. The number of hydrogen-bond acceptors (Lipinski definition) is 1. The first-order valence-electron chi connectivity index (χ1n) is 5.43. The first-order chi connectivity index (χ1) is 7.29. The molecule has 0 amide bonds. The van der Waals surface area contributed by atoms with Crippen LogP contribution in [-0.2, 0) is 6.42 Å². The second-order valence-corrected chi connectivity index (χ2v) is 5.05. The number of rotatable bonds is 4. The number of unbranched alkanes of at least 4 members (excludes halogenated alkanes) is 2. The van der Waals surface area contributed by atoms with Gasteiger partial charge in [0.05, 0.1) is 11.0 Å². The van der Waals surface area contributed by atoms with Crippen LogP contribution in [0, 0.1) is 3.57 Å². The van der Waals surface area contributed by atoms with E-state index in [1.807, 2.05) is 0 Å². The lowest BCUT2D eigenvalue weighted by molar-refractivity contribution is 0.700. The molecule has 2 nitrogen and oxygen atoms in total. The van der Waals surface area contributed by atoms with Crippen molar-refractivity contribution >= 4 is 33.6 Å². The molecule has 80 valence electrons. The summed E-state index contributed by atoms with van der Waals surface area (Å²) in [5.74, 6) is 1.13. The summed E-state index contributed by atoms with van der Waals surface area (Å²) in [5, 5.41) is 0. The lowest BCUT2D eigenvalue weighted by Crippen LogP contribution is -1.87. The third-order valence-electron chi connectivity index (χ3n) is 2.51. The topological polar surface area (TPSA) is 28.7 Å². The van der Waals surface area contributed by atoms with E-state index in [4.69, 9.17) is 0 Å². The van der Waals surface area contributed by atoms with Crippen LogP contribution in [0.1, 0.15) is 32.0 Å². The molecule has 0 saturated carbocycles. The Morgan fingerprint density at radius 3 is 3.00 bits per heavy atom. The molecule has 0 aliphatic carbocycles. The molecule has 1 N–H and O–H groups in total. The molecule has 2 aromatic rings. The van der Waals surface area contributed by atoms with Gasteiger partial charge < -0.3 is 4.98 Å². The van der Waals surface area contributed by atoms with Gasteiger partial charge in [0, 0.05) is 9.99 Å². The Morgan fingerprint density at radius 1 is 1.33 bits per heavy atom. The van der Waals surface area contributed by atoms with Gasteiger partial charge in [-0.1, -0.05) is 19.8 Å². The van der Waals surface area contributed by atoms with Crippen molar-refractivity contribution in [2.24, 2.45) is 0 Å². The van der Waals surface area contributed by atoms with Gasteiger partial charge in [-0.05, 0) is 47.2 Å². The van der Waals surface area contributed by atoms with Crippen LogP contribution >= 0.6 is 22.6 Å². The molecule has 1 heterocycles. The van der Waals surface area contributed by atoms with Crippen LogP contribution in [0.15, 0.2) is 18.2 Å². The van der Waals surface area contributed by atoms with Crippen molar-refractivity contribution in [3.63, 3.8) is 0 Å². The summed E-state index contributed by atoms with van der Waals surface area (Å²) in [4.78, 5) is 7.95. The van der Waals surface area contributed by atoms with Crippen LogP contribution in [0.5, 0.6) is 0 Å². The molecule has 0 unspecified atom stereocenters. The van der Waals surface area contributed by atoms with Gasteiger partial charge in [-0.15, -0.1) is 0 Å². The van der Waals surface area contributed by atoms with E-state index in [2.05, 4.69) is 57.7 Å². The lowest BCUT2D eigenvalue weighted by Gasteiger charge is -1.93. The lowest BCUT2D eigenvalue weighted by atomic mass is 10.2. The third-order valence-corrected chi connectivity index (χ3v) is 3.18. The monoisotopic (exact) mass is 314 g/mol. The maximum Gasteiger partial charge on any atom is 0.107 e. The number of aromatic amines is 1. The molecule has 0 radical (unpaired) electrons. The zero-order valence-corrected chi connectivity index (χ0v) is 11.0. The molecule has 0 spiro atoms. The molecule has 1 aromatic carbocycles. The number of nitrogens with one attached hydrogen (secondary N) is 1. The highest BCUT2D eigenvalue weighted by atomic mass is 127. The van der Waals surface area contributed by atoms with E-state index in [9.17, 15) is 0 Å². The van der Waals surface area contributed by atoms with Crippen molar-refractivity contribution in [1.82, 2.24) is 9.97 Å². The summed E-state index contributed by atoms with van der Waals surface area (Å²) < 4.78 is 1.25. The highest BCUT2D eigenvalue weighted by Gasteiger charge is 2.02. The van der Waals surface area contributed by atoms with Gasteiger partial charge in [0.25, 0.3) is 0 Å². The van der Waals surface area contributed by atoms with E-state index in [-0.39, 0.29) is 0 Å². The predicted octanol–water partition coefficient (Wildman–Crippen LogP) is 3.90. The van der Waals surface area contributed by atoms with Crippen LogP contribution < -0.4 is 0 Å². The smallest absolute Gasteiger partial charge is 0.107 e. The van der Waals surface area contributed by atoms with E-state index in [0.717, 1.165) is 23.3 Å². The van der Waals surface area contributed by atoms with Crippen molar-refractivity contribution in [2.45, 2.75) is 32.6 Å². The van der Waals surface area contributed by atoms with Gasteiger partial charge in [0.15, 0.2) is 0 Å². The van der Waals surface area contributed by atoms with E-state index in [1.165, 1.54) is 22.8 Å². The van der Waals surface area contributed by atoms with Gasteiger partial charge >= 0.3 is 0 Å². The molecule has 15 heavy (non-hydrogen) atoms. The molecule has 0 atom stereocenters. The highest BCUT2D eigenvalue weighted by Crippen LogP contribution is 2.16. The molecule has 0 fully saturated rings. The Hall–Kier alpha value is -0.580. The molecular weight excluding hydrogens is 299 g/mol. The quantitative estimate of drug-likeness (QED) is 0.673. The van der Waals surface area contributed by atoms with Crippen LogP contribution in [0.4, 0.5) is 0 Å². The molecular formula is C12H15IN2. The summed E-state index contributed by atoms with van der Waals surface area (Å²) >= 11 is 2.32. The SMILES string of the molecule is CCCCCc1nc2ccc(I)cc2[nH]1. The zero-order valence-electron chi connectivity index (χ0n) is 8.89. The Morgan fingerprint density at radius 2 is 2.20 bits per heavy atom. The Balaban J connectivity index is 2.16. The number of benzene rings is 1. The van der Waals surface area contributed by atoms with Crippen LogP contribution in [-0.4, -0.2) is 9.97 Å². The number of fused-ring (bicyclic) bond motifs is 1. The number of H-pyrrole nitrogens is 1. The van der Waals surface area contributed by atoms with Crippen molar-refractivity contribution in [3.8, 4) is 0 Å². The third kappa shape index (κ3) is 2.71. The molecule has 0 aliphatic heterocycles. The van der Waals surface area contributed by atoms with Crippen molar-refractivity contribution in [1.29, 1.82) is 0 Å². The van der Waals surface area contributed by atoms with E-state index in [1.54, 1.807) is 0 Å². The molecule has 2 rings (SSSR count). The molecule has 1 aromatic heterocycles. The standard InChI is InChI=1S/C12H15IN2/c1-2-3-4-5-12-14-10-7-6-9(13)8-11(10)15-12/h6-8H,2-5H2,1H3,(H,14,15). The maximum atomic E-state index is 4.57.